The molecule has 2 nitrogen and oxygen atoms in total. The van der Waals surface area contributed by atoms with Crippen molar-refractivity contribution >= 4 is 23.0 Å². The van der Waals surface area contributed by atoms with Crippen LogP contribution in [0, 0.1) is 6.92 Å². The van der Waals surface area contributed by atoms with Gasteiger partial charge in [-0.2, -0.15) is 0 Å². The van der Waals surface area contributed by atoms with Gasteiger partial charge in [-0.05, 0) is 53.6 Å². The molecule has 0 bridgehead atoms. The summed E-state index contributed by atoms with van der Waals surface area (Å²) in [5, 5.41) is 7.24. The first-order chi connectivity index (χ1) is 10.3. The van der Waals surface area contributed by atoms with Gasteiger partial charge in [0.05, 0.1) is 0 Å². The fraction of sp³-hybridized carbons (Fsp3) is 0.550. The van der Waals surface area contributed by atoms with Crippen LogP contribution in [0.25, 0.3) is 0 Å². The van der Waals surface area contributed by atoms with Crippen LogP contribution in [0.2, 0.25) is 0 Å². The van der Waals surface area contributed by atoms with E-state index in [4.69, 9.17) is 12.2 Å². The standard InChI is InChI=1S/C20H32N2S/c1-13(2)12-21-18(23)22-17-14(3)10-15(19(4,5)6)11-16(17)20(7,8)9/h10-11H,1,12H2,2-9H3,(H2,21,22,23). The zero-order chi connectivity index (χ0) is 18.0. The second kappa shape index (κ2) is 7.04. The highest BCUT2D eigenvalue weighted by Gasteiger charge is 2.24. The van der Waals surface area contributed by atoms with Gasteiger partial charge >= 0.3 is 0 Å². The number of hydrogen-bond donors (Lipinski definition) is 2. The van der Waals surface area contributed by atoms with Gasteiger partial charge in [-0.15, -0.1) is 0 Å². The van der Waals surface area contributed by atoms with Crippen LogP contribution in [0.1, 0.15) is 65.2 Å². The van der Waals surface area contributed by atoms with Crippen molar-refractivity contribution in [2.75, 3.05) is 11.9 Å². The molecule has 0 aromatic heterocycles. The summed E-state index contributed by atoms with van der Waals surface area (Å²) in [7, 11) is 0. The fourth-order valence-electron chi connectivity index (χ4n) is 2.37. The fourth-order valence-corrected chi connectivity index (χ4v) is 2.54. The molecule has 23 heavy (non-hydrogen) atoms. The zero-order valence-electron chi connectivity index (χ0n) is 16.0. The Labute approximate surface area is 147 Å². The largest absolute Gasteiger partial charge is 0.359 e. The van der Waals surface area contributed by atoms with E-state index in [2.05, 4.69) is 77.8 Å². The third kappa shape index (κ3) is 5.65. The maximum atomic E-state index is 5.44. The Morgan fingerprint density at radius 2 is 1.65 bits per heavy atom. The Balaban J connectivity index is 3.26. The van der Waals surface area contributed by atoms with Gasteiger partial charge in [0.15, 0.2) is 5.11 Å². The SMILES string of the molecule is C=C(C)CNC(=S)Nc1c(C)cc(C(C)(C)C)cc1C(C)(C)C. The number of rotatable bonds is 3. The number of anilines is 1. The van der Waals surface area contributed by atoms with Crippen molar-refractivity contribution in [1.82, 2.24) is 5.32 Å². The van der Waals surface area contributed by atoms with E-state index in [0.29, 0.717) is 11.7 Å². The third-order valence-corrected chi connectivity index (χ3v) is 4.05. The lowest BCUT2D eigenvalue weighted by Crippen LogP contribution is -2.31. The molecule has 0 aliphatic rings. The Morgan fingerprint density at radius 3 is 2.09 bits per heavy atom. The zero-order valence-corrected chi connectivity index (χ0v) is 16.8. The van der Waals surface area contributed by atoms with E-state index in [1.165, 1.54) is 16.7 Å². The second-order valence-corrected chi connectivity index (χ2v) is 8.89. The molecule has 0 aliphatic heterocycles. The molecule has 0 amide bonds. The van der Waals surface area contributed by atoms with Crippen molar-refractivity contribution < 1.29 is 0 Å². The first-order valence-electron chi connectivity index (χ1n) is 8.17. The average Bonchev–Trinajstić information content (AvgIpc) is 2.35. The lowest BCUT2D eigenvalue weighted by molar-refractivity contribution is 0.569. The van der Waals surface area contributed by atoms with Crippen LogP contribution < -0.4 is 10.6 Å². The summed E-state index contributed by atoms with van der Waals surface area (Å²) in [6.45, 7) is 22.2. The molecule has 0 heterocycles. The minimum atomic E-state index is 0.0400. The smallest absolute Gasteiger partial charge is 0.171 e. The number of aryl methyl sites for hydroxylation is 1. The maximum Gasteiger partial charge on any atom is 0.171 e. The third-order valence-electron chi connectivity index (χ3n) is 3.80. The molecule has 0 aliphatic carbocycles. The van der Waals surface area contributed by atoms with Crippen molar-refractivity contribution in [3.63, 3.8) is 0 Å². The number of nitrogens with one attached hydrogen (secondary N) is 2. The van der Waals surface area contributed by atoms with Gasteiger partial charge in [0, 0.05) is 12.2 Å². The van der Waals surface area contributed by atoms with Gasteiger partial charge in [0.25, 0.3) is 0 Å². The van der Waals surface area contributed by atoms with Crippen LogP contribution in [0.3, 0.4) is 0 Å². The first kappa shape index (κ1) is 19.7. The highest BCUT2D eigenvalue weighted by atomic mass is 32.1. The van der Waals surface area contributed by atoms with Crippen LogP contribution in [0.5, 0.6) is 0 Å². The Morgan fingerprint density at radius 1 is 1.09 bits per heavy atom. The molecule has 0 atom stereocenters. The number of hydrogen-bond acceptors (Lipinski definition) is 1. The highest BCUT2D eigenvalue weighted by Crippen LogP contribution is 2.36. The van der Waals surface area contributed by atoms with Gasteiger partial charge in [0.1, 0.15) is 0 Å². The minimum absolute atomic E-state index is 0.0400. The maximum absolute atomic E-state index is 5.44. The monoisotopic (exact) mass is 332 g/mol. The molecule has 2 N–H and O–H groups in total. The minimum Gasteiger partial charge on any atom is -0.359 e. The summed E-state index contributed by atoms with van der Waals surface area (Å²) in [5.41, 5.74) is 6.21. The molecule has 128 valence electrons. The summed E-state index contributed by atoms with van der Waals surface area (Å²) in [4.78, 5) is 0. The van der Waals surface area contributed by atoms with Gasteiger partial charge in [-0.1, -0.05) is 65.8 Å². The van der Waals surface area contributed by atoms with Gasteiger partial charge < -0.3 is 10.6 Å². The molecule has 1 aromatic carbocycles. The highest BCUT2D eigenvalue weighted by molar-refractivity contribution is 7.80. The Kier molecular flexibility index (Phi) is 6.03. The molecule has 0 fully saturated rings. The van der Waals surface area contributed by atoms with Gasteiger partial charge in [-0.3, -0.25) is 0 Å². The predicted molar refractivity (Wildman–Crippen MR) is 108 cm³/mol. The lowest BCUT2D eigenvalue weighted by atomic mass is 9.78. The quantitative estimate of drug-likeness (QED) is 0.568. The van der Waals surface area contributed by atoms with Crippen molar-refractivity contribution in [3.8, 4) is 0 Å². The van der Waals surface area contributed by atoms with E-state index in [0.717, 1.165) is 11.3 Å². The molecule has 0 spiro atoms. The average molecular weight is 333 g/mol. The van der Waals surface area contributed by atoms with Crippen LogP contribution in [0.15, 0.2) is 24.3 Å². The summed E-state index contributed by atoms with van der Waals surface area (Å²) in [5.74, 6) is 0. The predicted octanol–water partition coefficient (Wildman–Crippen LogP) is 5.45. The lowest BCUT2D eigenvalue weighted by Gasteiger charge is -2.29. The van der Waals surface area contributed by atoms with Crippen LogP contribution >= 0.6 is 12.2 Å². The molecule has 0 saturated carbocycles. The molecule has 1 rings (SSSR count). The van der Waals surface area contributed by atoms with Crippen molar-refractivity contribution in [3.05, 3.63) is 41.0 Å². The summed E-state index contributed by atoms with van der Waals surface area (Å²) in [6, 6.07) is 4.58. The van der Waals surface area contributed by atoms with Crippen molar-refractivity contribution in [1.29, 1.82) is 0 Å². The van der Waals surface area contributed by atoms with Crippen LogP contribution in [-0.2, 0) is 10.8 Å². The molecule has 0 radical (unpaired) electrons. The molecule has 3 heteroatoms. The van der Waals surface area contributed by atoms with Crippen LogP contribution in [0.4, 0.5) is 5.69 Å². The molecule has 0 saturated heterocycles. The summed E-state index contributed by atoms with van der Waals surface area (Å²) >= 11 is 5.44. The summed E-state index contributed by atoms with van der Waals surface area (Å²) < 4.78 is 0. The van der Waals surface area contributed by atoms with E-state index in [1.807, 2.05) is 6.92 Å². The summed E-state index contributed by atoms with van der Waals surface area (Å²) in [6.07, 6.45) is 0. The topological polar surface area (TPSA) is 24.1 Å². The Bertz CT molecular complexity index is 601. The van der Waals surface area contributed by atoms with E-state index in [-0.39, 0.29) is 10.8 Å². The van der Waals surface area contributed by atoms with Crippen LogP contribution in [-0.4, -0.2) is 11.7 Å². The molecule has 0 unspecified atom stereocenters. The second-order valence-electron chi connectivity index (χ2n) is 8.48. The van der Waals surface area contributed by atoms with Gasteiger partial charge in [-0.25, -0.2) is 0 Å². The molecular formula is C20H32N2S. The molecule has 1 aromatic rings. The number of thiocarbonyl (C=S) groups is 1. The van der Waals surface area contributed by atoms with E-state index >= 15 is 0 Å². The first-order valence-corrected chi connectivity index (χ1v) is 8.58. The van der Waals surface area contributed by atoms with E-state index in [1.54, 1.807) is 0 Å². The molecular weight excluding hydrogens is 300 g/mol. The van der Waals surface area contributed by atoms with E-state index < -0.39 is 0 Å². The van der Waals surface area contributed by atoms with E-state index in [9.17, 15) is 0 Å². The number of benzene rings is 1. The normalized spacial score (nSPS) is 12.0. The van der Waals surface area contributed by atoms with Crippen molar-refractivity contribution in [2.45, 2.75) is 66.2 Å². The Hall–Kier alpha value is -1.35. The van der Waals surface area contributed by atoms with Gasteiger partial charge in [0.2, 0.25) is 0 Å². The van der Waals surface area contributed by atoms with Crippen molar-refractivity contribution in [2.24, 2.45) is 0 Å².